The van der Waals surface area contributed by atoms with Gasteiger partial charge < -0.3 is 9.73 Å². The van der Waals surface area contributed by atoms with Crippen LogP contribution in [0.15, 0.2) is 46.2 Å². The Labute approximate surface area is 161 Å². The van der Waals surface area contributed by atoms with E-state index in [9.17, 15) is 4.79 Å². The first-order valence-corrected chi connectivity index (χ1v) is 9.44. The Morgan fingerprint density at radius 1 is 1.33 bits per heavy atom. The van der Waals surface area contributed by atoms with E-state index in [2.05, 4.69) is 21.6 Å². The van der Waals surface area contributed by atoms with Gasteiger partial charge in [-0.15, -0.1) is 21.5 Å². The zero-order valence-corrected chi connectivity index (χ0v) is 15.7. The molecule has 0 aliphatic heterocycles. The van der Waals surface area contributed by atoms with Crippen molar-refractivity contribution < 1.29 is 9.21 Å². The molecule has 0 fully saturated rings. The summed E-state index contributed by atoms with van der Waals surface area (Å²) in [7, 11) is 0. The van der Waals surface area contributed by atoms with Gasteiger partial charge in [-0.25, -0.2) is 0 Å². The lowest BCUT2D eigenvalue weighted by atomic mass is 10.2. The number of aromatic nitrogens is 2. The van der Waals surface area contributed by atoms with E-state index in [1.807, 2.05) is 29.3 Å². The Balaban J connectivity index is 1.61. The first-order valence-electron chi connectivity index (χ1n) is 8.56. The third-order valence-corrected chi connectivity index (χ3v) is 4.60. The first-order chi connectivity index (χ1) is 13.2. The number of nitrogens with zero attached hydrogens (tertiary/aromatic N) is 4. The molecule has 0 aliphatic rings. The summed E-state index contributed by atoms with van der Waals surface area (Å²) in [6.07, 6.45) is 0.892. The number of carbonyl (C=O) groups excluding carboxylic acids is 1. The molecule has 138 valence electrons. The predicted octanol–water partition coefficient (Wildman–Crippen LogP) is 3.52. The molecule has 7 nitrogen and oxygen atoms in total. The lowest BCUT2D eigenvalue weighted by molar-refractivity contribution is -0.117. The van der Waals surface area contributed by atoms with Crippen molar-refractivity contribution in [2.75, 3.05) is 18.4 Å². The number of nitrogens with one attached hydrogen (secondary N) is 1. The standard InChI is InChI=1S/C19H19N5O2S/c1-2-8-24(12-17(25)21-15-6-3-5-14(10-15)11-20)13-18-22-23-19(26-18)16-7-4-9-27-16/h3-7,9-10H,2,8,12-13H2,1H3,(H,21,25). The maximum absolute atomic E-state index is 12.4. The third-order valence-electron chi connectivity index (χ3n) is 3.74. The highest BCUT2D eigenvalue weighted by Crippen LogP contribution is 2.23. The van der Waals surface area contributed by atoms with Gasteiger partial charge in [0.15, 0.2) is 0 Å². The first kappa shape index (κ1) is 18.8. The number of benzene rings is 1. The molecule has 0 aliphatic carbocycles. The summed E-state index contributed by atoms with van der Waals surface area (Å²) in [6.45, 7) is 3.37. The maximum Gasteiger partial charge on any atom is 0.257 e. The van der Waals surface area contributed by atoms with Gasteiger partial charge in [0.05, 0.1) is 29.6 Å². The minimum absolute atomic E-state index is 0.156. The van der Waals surface area contributed by atoms with Gasteiger partial charge in [-0.05, 0) is 42.6 Å². The van der Waals surface area contributed by atoms with Crippen LogP contribution < -0.4 is 5.32 Å². The van der Waals surface area contributed by atoms with Crippen molar-refractivity contribution in [3.63, 3.8) is 0 Å². The highest BCUT2D eigenvalue weighted by molar-refractivity contribution is 7.13. The molecule has 1 amide bonds. The van der Waals surface area contributed by atoms with E-state index in [0.29, 0.717) is 29.6 Å². The van der Waals surface area contributed by atoms with Gasteiger partial charge in [0.1, 0.15) is 0 Å². The van der Waals surface area contributed by atoms with Crippen LogP contribution in [0.25, 0.3) is 10.8 Å². The second kappa shape index (κ2) is 9.07. The molecular weight excluding hydrogens is 362 g/mol. The Morgan fingerprint density at radius 2 is 2.22 bits per heavy atom. The van der Waals surface area contributed by atoms with Crippen molar-refractivity contribution >= 4 is 22.9 Å². The minimum atomic E-state index is -0.156. The van der Waals surface area contributed by atoms with Gasteiger partial charge in [0, 0.05) is 5.69 Å². The number of hydrogen-bond acceptors (Lipinski definition) is 7. The molecule has 0 spiro atoms. The van der Waals surface area contributed by atoms with Gasteiger partial charge in [-0.3, -0.25) is 9.69 Å². The maximum atomic E-state index is 12.4. The number of thiophene rings is 1. The zero-order valence-electron chi connectivity index (χ0n) is 14.9. The molecule has 3 rings (SSSR count). The summed E-state index contributed by atoms with van der Waals surface area (Å²) < 4.78 is 5.71. The number of anilines is 1. The Bertz CT molecular complexity index is 930. The highest BCUT2D eigenvalue weighted by atomic mass is 32.1. The van der Waals surface area contributed by atoms with Crippen molar-refractivity contribution in [2.24, 2.45) is 0 Å². The average Bonchev–Trinajstić information content (AvgIpc) is 3.33. The van der Waals surface area contributed by atoms with Gasteiger partial charge in [0.25, 0.3) is 5.89 Å². The van der Waals surface area contributed by atoms with Crippen LogP contribution >= 0.6 is 11.3 Å². The van der Waals surface area contributed by atoms with Crippen molar-refractivity contribution in [3.05, 3.63) is 53.2 Å². The van der Waals surface area contributed by atoms with E-state index < -0.39 is 0 Å². The molecule has 0 unspecified atom stereocenters. The Hall–Kier alpha value is -3.02. The quantitative estimate of drug-likeness (QED) is 0.641. The number of carbonyl (C=O) groups is 1. The van der Waals surface area contributed by atoms with Gasteiger partial charge >= 0.3 is 0 Å². The number of rotatable bonds is 8. The summed E-state index contributed by atoms with van der Waals surface area (Å²) >= 11 is 1.54. The highest BCUT2D eigenvalue weighted by Gasteiger charge is 2.16. The average molecular weight is 381 g/mol. The molecule has 1 aromatic carbocycles. The zero-order chi connectivity index (χ0) is 19.1. The molecule has 0 radical (unpaired) electrons. The number of hydrogen-bond donors (Lipinski definition) is 1. The fourth-order valence-corrected chi connectivity index (χ4v) is 3.25. The lowest BCUT2D eigenvalue weighted by Gasteiger charge is -2.19. The van der Waals surface area contributed by atoms with Crippen molar-refractivity contribution in [2.45, 2.75) is 19.9 Å². The van der Waals surface area contributed by atoms with Crippen LogP contribution in [0, 0.1) is 11.3 Å². The van der Waals surface area contributed by atoms with Crippen LogP contribution in [0.5, 0.6) is 0 Å². The van der Waals surface area contributed by atoms with Gasteiger partial charge in [-0.1, -0.05) is 19.1 Å². The summed E-state index contributed by atoms with van der Waals surface area (Å²) in [5, 5.41) is 21.9. The third kappa shape index (κ3) is 5.23. The monoisotopic (exact) mass is 381 g/mol. The SMILES string of the molecule is CCCN(CC(=O)Nc1cccc(C#N)c1)Cc1nnc(-c2cccs2)o1. The lowest BCUT2D eigenvalue weighted by Crippen LogP contribution is -2.33. The predicted molar refractivity (Wildman–Crippen MR) is 103 cm³/mol. The van der Waals surface area contributed by atoms with Crippen molar-refractivity contribution in [1.29, 1.82) is 5.26 Å². The van der Waals surface area contributed by atoms with Crippen LogP contribution in [0.3, 0.4) is 0 Å². The minimum Gasteiger partial charge on any atom is -0.419 e. The molecule has 2 aromatic heterocycles. The molecule has 0 saturated heterocycles. The van der Waals surface area contributed by atoms with Crippen LogP contribution in [-0.2, 0) is 11.3 Å². The number of amides is 1. The van der Waals surface area contributed by atoms with Crippen LogP contribution in [0.1, 0.15) is 24.8 Å². The molecule has 8 heteroatoms. The second-order valence-electron chi connectivity index (χ2n) is 5.93. The molecular formula is C19H19N5O2S. The molecule has 3 aromatic rings. The number of nitriles is 1. The van der Waals surface area contributed by atoms with E-state index in [0.717, 1.165) is 17.8 Å². The van der Waals surface area contributed by atoms with Crippen LogP contribution in [-0.4, -0.2) is 34.1 Å². The normalized spacial score (nSPS) is 10.7. The Morgan fingerprint density at radius 3 is 2.96 bits per heavy atom. The smallest absolute Gasteiger partial charge is 0.257 e. The van der Waals surface area contributed by atoms with Crippen LogP contribution in [0.4, 0.5) is 5.69 Å². The van der Waals surface area contributed by atoms with E-state index >= 15 is 0 Å². The van der Waals surface area contributed by atoms with Gasteiger partial charge in [0.2, 0.25) is 11.8 Å². The molecule has 2 heterocycles. The summed E-state index contributed by atoms with van der Waals surface area (Å²) in [5.41, 5.74) is 1.11. The van der Waals surface area contributed by atoms with Gasteiger partial charge in [-0.2, -0.15) is 5.26 Å². The summed E-state index contributed by atoms with van der Waals surface area (Å²) in [6, 6.07) is 12.8. The van der Waals surface area contributed by atoms with E-state index in [4.69, 9.17) is 9.68 Å². The van der Waals surface area contributed by atoms with E-state index in [1.165, 1.54) is 11.3 Å². The molecule has 27 heavy (non-hydrogen) atoms. The molecule has 1 N–H and O–H groups in total. The largest absolute Gasteiger partial charge is 0.419 e. The summed E-state index contributed by atoms with van der Waals surface area (Å²) in [5.74, 6) is 0.817. The van der Waals surface area contributed by atoms with Crippen molar-refractivity contribution in [1.82, 2.24) is 15.1 Å². The topological polar surface area (TPSA) is 95.1 Å². The molecule has 0 atom stereocenters. The second-order valence-corrected chi connectivity index (χ2v) is 6.88. The molecule has 0 bridgehead atoms. The fourth-order valence-electron chi connectivity index (χ4n) is 2.61. The summed E-state index contributed by atoms with van der Waals surface area (Å²) in [4.78, 5) is 15.3. The van der Waals surface area contributed by atoms with Crippen LogP contribution in [0.2, 0.25) is 0 Å². The van der Waals surface area contributed by atoms with Crippen molar-refractivity contribution in [3.8, 4) is 16.8 Å². The van der Waals surface area contributed by atoms with E-state index in [1.54, 1.807) is 24.3 Å². The Kier molecular flexibility index (Phi) is 6.30. The van der Waals surface area contributed by atoms with E-state index in [-0.39, 0.29) is 12.5 Å². The molecule has 0 saturated carbocycles. The fraction of sp³-hybridized carbons (Fsp3) is 0.263.